The average molecular weight is 323 g/mol. The zero-order valence-corrected chi connectivity index (χ0v) is 13.7. The van der Waals surface area contributed by atoms with Crippen LogP contribution in [0.3, 0.4) is 0 Å². The molecule has 0 unspecified atom stereocenters. The molecular weight excluding hydrogens is 304 g/mol. The molecule has 0 aromatic carbocycles. The van der Waals surface area contributed by atoms with Gasteiger partial charge in [-0.2, -0.15) is 0 Å². The van der Waals surface area contributed by atoms with E-state index >= 15 is 0 Å². The number of halogens is 1. The van der Waals surface area contributed by atoms with Crippen LogP contribution in [-0.4, -0.2) is 37.5 Å². The summed E-state index contributed by atoms with van der Waals surface area (Å²) < 4.78 is 14.2. The standard InChI is InChI=1S/C15H19ClN4O2/c1-9-4-10(5-15(9)6-21-14(2,3)22-15)20-8-19-11-12(16)17-7-18-13(11)20/h7-10H,4-6H2,1-3H3/t9-,10+,15+/m1/s1. The van der Waals surface area contributed by atoms with Gasteiger partial charge in [-0.15, -0.1) is 0 Å². The van der Waals surface area contributed by atoms with Crippen LogP contribution in [0, 0.1) is 5.92 Å². The van der Waals surface area contributed by atoms with Gasteiger partial charge in [-0.1, -0.05) is 18.5 Å². The maximum absolute atomic E-state index is 6.26. The van der Waals surface area contributed by atoms with E-state index in [1.807, 2.05) is 20.2 Å². The van der Waals surface area contributed by atoms with Crippen molar-refractivity contribution in [1.82, 2.24) is 19.5 Å². The van der Waals surface area contributed by atoms with Gasteiger partial charge in [-0.25, -0.2) is 15.0 Å². The second-order valence-corrected chi connectivity index (χ2v) is 7.20. The monoisotopic (exact) mass is 322 g/mol. The molecule has 2 aromatic heterocycles. The van der Waals surface area contributed by atoms with Crippen LogP contribution >= 0.6 is 11.6 Å². The molecule has 3 heterocycles. The van der Waals surface area contributed by atoms with E-state index in [2.05, 4.69) is 26.4 Å². The van der Waals surface area contributed by atoms with Gasteiger partial charge in [0.1, 0.15) is 11.8 Å². The third kappa shape index (κ3) is 2.05. The highest BCUT2D eigenvalue weighted by Gasteiger charge is 2.54. The molecule has 2 aromatic rings. The predicted molar refractivity (Wildman–Crippen MR) is 81.6 cm³/mol. The topological polar surface area (TPSA) is 62.1 Å². The van der Waals surface area contributed by atoms with Crippen molar-refractivity contribution in [1.29, 1.82) is 0 Å². The Morgan fingerprint density at radius 1 is 1.32 bits per heavy atom. The Balaban J connectivity index is 1.69. The van der Waals surface area contributed by atoms with E-state index in [1.54, 1.807) is 0 Å². The number of nitrogens with zero attached hydrogens (tertiary/aromatic N) is 4. The SMILES string of the molecule is C[C@@H]1C[C@H](n2cnc3c(Cl)ncnc32)C[C@]12COC(C)(C)O2. The first-order valence-electron chi connectivity index (χ1n) is 7.57. The average Bonchev–Trinajstić information content (AvgIpc) is 3.09. The van der Waals surface area contributed by atoms with Gasteiger partial charge in [-0.05, 0) is 32.6 Å². The molecular formula is C15H19ClN4O2. The first-order chi connectivity index (χ1) is 10.4. The highest BCUT2D eigenvalue weighted by Crippen LogP contribution is 2.50. The number of ether oxygens (including phenoxy) is 2. The summed E-state index contributed by atoms with van der Waals surface area (Å²) >= 11 is 6.09. The molecule has 3 atom stereocenters. The lowest BCUT2D eigenvalue weighted by molar-refractivity contribution is -0.167. The normalized spacial score (nSPS) is 34.0. The fourth-order valence-corrected chi connectivity index (χ4v) is 3.97. The summed E-state index contributed by atoms with van der Waals surface area (Å²) in [5.41, 5.74) is 1.22. The minimum Gasteiger partial charge on any atom is -0.347 e. The largest absolute Gasteiger partial charge is 0.347 e. The van der Waals surface area contributed by atoms with Crippen LogP contribution in [0.2, 0.25) is 5.15 Å². The number of hydrogen-bond acceptors (Lipinski definition) is 5. The molecule has 1 spiro atoms. The summed E-state index contributed by atoms with van der Waals surface area (Å²) in [5, 5.41) is 0.395. The van der Waals surface area contributed by atoms with Gasteiger partial charge in [0.25, 0.3) is 0 Å². The Morgan fingerprint density at radius 3 is 2.86 bits per heavy atom. The molecule has 0 radical (unpaired) electrons. The van der Waals surface area contributed by atoms with E-state index in [9.17, 15) is 0 Å². The van der Waals surface area contributed by atoms with E-state index in [0.29, 0.717) is 23.2 Å². The fraction of sp³-hybridized carbons (Fsp3) is 0.667. The molecule has 2 fully saturated rings. The van der Waals surface area contributed by atoms with Crippen molar-refractivity contribution >= 4 is 22.8 Å². The third-order valence-electron chi connectivity index (χ3n) is 4.93. The van der Waals surface area contributed by atoms with Crippen LogP contribution in [0.15, 0.2) is 12.7 Å². The van der Waals surface area contributed by atoms with E-state index in [-0.39, 0.29) is 11.6 Å². The number of hydrogen-bond donors (Lipinski definition) is 0. The summed E-state index contributed by atoms with van der Waals surface area (Å²) in [6, 6.07) is 0.281. The lowest BCUT2D eigenvalue weighted by atomic mass is 9.93. The molecule has 2 aliphatic rings. The van der Waals surface area contributed by atoms with Crippen LogP contribution in [0.5, 0.6) is 0 Å². The molecule has 1 aliphatic carbocycles. The van der Waals surface area contributed by atoms with Crippen LogP contribution in [0.4, 0.5) is 0 Å². The molecule has 1 saturated heterocycles. The van der Waals surface area contributed by atoms with Crippen molar-refractivity contribution in [3.63, 3.8) is 0 Å². The molecule has 22 heavy (non-hydrogen) atoms. The summed E-state index contributed by atoms with van der Waals surface area (Å²) in [6.07, 6.45) is 5.19. The number of fused-ring (bicyclic) bond motifs is 1. The fourth-order valence-electron chi connectivity index (χ4n) is 3.80. The molecule has 0 N–H and O–H groups in total. The Hall–Kier alpha value is -1.24. The minimum atomic E-state index is -0.508. The van der Waals surface area contributed by atoms with Gasteiger partial charge < -0.3 is 14.0 Å². The van der Waals surface area contributed by atoms with Gasteiger partial charge in [0.2, 0.25) is 0 Å². The van der Waals surface area contributed by atoms with Crippen molar-refractivity contribution < 1.29 is 9.47 Å². The zero-order chi connectivity index (χ0) is 15.5. The van der Waals surface area contributed by atoms with Crippen molar-refractivity contribution in [3.05, 3.63) is 17.8 Å². The van der Waals surface area contributed by atoms with Crippen molar-refractivity contribution in [2.24, 2.45) is 5.92 Å². The molecule has 1 aliphatic heterocycles. The molecule has 6 nitrogen and oxygen atoms in total. The quantitative estimate of drug-likeness (QED) is 0.755. The van der Waals surface area contributed by atoms with Gasteiger partial charge in [0.15, 0.2) is 16.6 Å². The van der Waals surface area contributed by atoms with Crippen LogP contribution in [-0.2, 0) is 9.47 Å². The molecule has 0 amide bonds. The lowest BCUT2D eigenvalue weighted by Crippen LogP contribution is -2.36. The van der Waals surface area contributed by atoms with Crippen LogP contribution < -0.4 is 0 Å². The van der Waals surface area contributed by atoms with Crippen molar-refractivity contribution in [2.45, 2.75) is 51.0 Å². The summed E-state index contributed by atoms with van der Waals surface area (Å²) in [4.78, 5) is 12.7. The van der Waals surface area contributed by atoms with Crippen LogP contribution in [0.1, 0.15) is 39.7 Å². The molecule has 4 rings (SSSR count). The Bertz CT molecular complexity index is 731. The van der Waals surface area contributed by atoms with Crippen LogP contribution in [0.25, 0.3) is 11.2 Å². The van der Waals surface area contributed by atoms with Gasteiger partial charge >= 0.3 is 0 Å². The number of rotatable bonds is 1. The molecule has 0 bridgehead atoms. The van der Waals surface area contributed by atoms with Crippen molar-refractivity contribution in [3.8, 4) is 0 Å². The Morgan fingerprint density at radius 2 is 2.14 bits per heavy atom. The minimum absolute atomic E-state index is 0.221. The number of aromatic nitrogens is 4. The maximum Gasteiger partial charge on any atom is 0.165 e. The van der Waals surface area contributed by atoms with Gasteiger partial charge in [0.05, 0.1) is 18.5 Å². The highest BCUT2D eigenvalue weighted by atomic mass is 35.5. The van der Waals surface area contributed by atoms with E-state index in [4.69, 9.17) is 21.1 Å². The Labute approximate surface area is 133 Å². The third-order valence-corrected chi connectivity index (χ3v) is 5.20. The molecule has 118 valence electrons. The second-order valence-electron chi connectivity index (χ2n) is 6.84. The van der Waals surface area contributed by atoms with Crippen molar-refractivity contribution in [2.75, 3.05) is 6.61 Å². The smallest absolute Gasteiger partial charge is 0.165 e. The number of imidazole rings is 1. The molecule has 1 saturated carbocycles. The maximum atomic E-state index is 6.26. The summed E-state index contributed by atoms with van der Waals surface area (Å²) in [7, 11) is 0. The highest BCUT2D eigenvalue weighted by molar-refractivity contribution is 6.33. The Kier molecular flexibility index (Phi) is 3.02. The first kappa shape index (κ1) is 14.4. The first-order valence-corrected chi connectivity index (χ1v) is 7.95. The van der Waals surface area contributed by atoms with E-state index < -0.39 is 5.79 Å². The zero-order valence-electron chi connectivity index (χ0n) is 12.9. The lowest BCUT2D eigenvalue weighted by Gasteiger charge is -2.28. The van der Waals surface area contributed by atoms with Gasteiger partial charge in [0, 0.05) is 6.04 Å². The molecule has 7 heteroatoms. The summed E-state index contributed by atoms with van der Waals surface area (Å²) in [6.45, 7) is 6.81. The predicted octanol–water partition coefficient (Wildman–Crippen LogP) is 2.97. The summed E-state index contributed by atoms with van der Waals surface area (Å²) in [5.74, 6) is -0.0972. The van der Waals surface area contributed by atoms with E-state index in [1.165, 1.54) is 6.33 Å². The van der Waals surface area contributed by atoms with Gasteiger partial charge in [-0.3, -0.25) is 0 Å². The van der Waals surface area contributed by atoms with E-state index in [0.717, 1.165) is 18.5 Å². The second kappa shape index (κ2) is 4.63.